The Labute approximate surface area is 110 Å². The molecule has 0 aliphatic carbocycles. The molecule has 0 aliphatic heterocycles. The molecule has 0 heterocycles. The van der Waals surface area contributed by atoms with E-state index in [2.05, 4.69) is 5.32 Å². The van der Waals surface area contributed by atoms with Gasteiger partial charge in [-0.05, 0) is 55.3 Å². The highest BCUT2D eigenvalue weighted by Crippen LogP contribution is 2.23. The minimum atomic E-state index is -0.873. The van der Waals surface area contributed by atoms with E-state index in [4.69, 9.17) is 0 Å². The fourth-order valence-electron chi connectivity index (χ4n) is 1.89. The predicted octanol–water partition coefficient (Wildman–Crippen LogP) is 4.59. The van der Waals surface area contributed by atoms with Gasteiger partial charge in [0.15, 0.2) is 11.6 Å². The van der Waals surface area contributed by atoms with Crippen molar-refractivity contribution in [1.82, 2.24) is 0 Å². The van der Waals surface area contributed by atoms with E-state index in [1.165, 1.54) is 18.2 Å². The van der Waals surface area contributed by atoms with Crippen molar-refractivity contribution in [2.45, 2.75) is 19.9 Å². The van der Waals surface area contributed by atoms with Gasteiger partial charge in [-0.15, -0.1) is 0 Å². The molecule has 100 valence electrons. The minimum absolute atomic E-state index is 0.209. The Kier molecular flexibility index (Phi) is 3.79. The molecular weight excluding hydrogens is 251 g/mol. The lowest BCUT2D eigenvalue weighted by molar-refractivity contribution is 0.506. The second-order valence-electron chi connectivity index (χ2n) is 4.50. The number of rotatable bonds is 3. The third kappa shape index (κ3) is 3.08. The van der Waals surface area contributed by atoms with E-state index in [0.717, 1.165) is 23.4 Å². The molecule has 2 rings (SSSR count). The van der Waals surface area contributed by atoms with Gasteiger partial charge < -0.3 is 5.32 Å². The van der Waals surface area contributed by atoms with Gasteiger partial charge >= 0.3 is 0 Å². The van der Waals surface area contributed by atoms with Crippen LogP contribution in [0.4, 0.5) is 18.9 Å². The topological polar surface area (TPSA) is 12.0 Å². The van der Waals surface area contributed by atoms with Crippen LogP contribution >= 0.6 is 0 Å². The molecule has 4 heteroatoms. The smallest absolute Gasteiger partial charge is 0.159 e. The highest BCUT2D eigenvalue weighted by molar-refractivity contribution is 5.52. The average molecular weight is 265 g/mol. The van der Waals surface area contributed by atoms with Gasteiger partial charge in [0.05, 0.1) is 0 Å². The van der Waals surface area contributed by atoms with Crippen molar-refractivity contribution in [3.8, 4) is 0 Å². The lowest BCUT2D eigenvalue weighted by Crippen LogP contribution is -2.08. The lowest BCUT2D eigenvalue weighted by Gasteiger charge is -2.17. The Morgan fingerprint density at radius 2 is 1.68 bits per heavy atom. The van der Waals surface area contributed by atoms with Gasteiger partial charge in [0.2, 0.25) is 0 Å². The van der Waals surface area contributed by atoms with Crippen LogP contribution in [0.25, 0.3) is 0 Å². The largest absolute Gasteiger partial charge is 0.378 e. The molecular formula is C15H14F3N. The molecule has 0 amide bonds. The summed E-state index contributed by atoms with van der Waals surface area (Å²) in [6.45, 7) is 3.61. The Morgan fingerprint density at radius 3 is 2.32 bits per heavy atom. The maximum atomic E-state index is 13.2. The zero-order valence-corrected chi connectivity index (χ0v) is 10.7. The number of hydrogen-bond donors (Lipinski definition) is 1. The molecule has 2 aromatic carbocycles. The van der Waals surface area contributed by atoms with E-state index in [-0.39, 0.29) is 11.9 Å². The molecule has 0 radical (unpaired) electrons. The Balaban J connectivity index is 2.20. The van der Waals surface area contributed by atoms with Crippen LogP contribution in [0.15, 0.2) is 36.4 Å². The molecule has 0 saturated carbocycles. The Morgan fingerprint density at radius 1 is 0.947 bits per heavy atom. The molecule has 1 unspecified atom stereocenters. The van der Waals surface area contributed by atoms with Crippen LogP contribution in [0.3, 0.4) is 0 Å². The summed E-state index contributed by atoms with van der Waals surface area (Å²) in [4.78, 5) is 0. The Hall–Kier alpha value is -1.97. The van der Waals surface area contributed by atoms with E-state index >= 15 is 0 Å². The van der Waals surface area contributed by atoms with Gasteiger partial charge in [-0.3, -0.25) is 0 Å². The number of anilines is 1. The number of hydrogen-bond acceptors (Lipinski definition) is 1. The van der Waals surface area contributed by atoms with Crippen LogP contribution in [0, 0.1) is 24.4 Å². The summed E-state index contributed by atoms with van der Waals surface area (Å²) in [6.07, 6.45) is 0. The van der Waals surface area contributed by atoms with Crippen molar-refractivity contribution in [3.63, 3.8) is 0 Å². The number of aryl methyl sites for hydroxylation is 1. The average Bonchev–Trinajstić information content (AvgIpc) is 2.36. The maximum Gasteiger partial charge on any atom is 0.159 e. The molecule has 0 saturated heterocycles. The molecule has 1 nitrogen and oxygen atoms in total. The van der Waals surface area contributed by atoms with Gasteiger partial charge in [-0.2, -0.15) is 0 Å². The predicted molar refractivity (Wildman–Crippen MR) is 69.5 cm³/mol. The van der Waals surface area contributed by atoms with Crippen LogP contribution in [-0.2, 0) is 0 Å². The van der Waals surface area contributed by atoms with Crippen LogP contribution in [0.1, 0.15) is 24.1 Å². The highest BCUT2D eigenvalue weighted by atomic mass is 19.2. The highest BCUT2D eigenvalue weighted by Gasteiger charge is 2.10. The first kappa shape index (κ1) is 13.5. The quantitative estimate of drug-likeness (QED) is 0.856. The number of nitrogens with one attached hydrogen (secondary N) is 1. The van der Waals surface area contributed by atoms with Crippen LogP contribution in [-0.4, -0.2) is 0 Å². The van der Waals surface area contributed by atoms with Crippen LogP contribution < -0.4 is 5.32 Å². The third-order valence-corrected chi connectivity index (χ3v) is 3.00. The monoisotopic (exact) mass is 265 g/mol. The second-order valence-corrected chi connectivity index (χ2v) is 4.50. The standard InChI is InChI=1S/C15H14F3N/c1-9-7-12(16)4-6-15(9)19-10(2)11-3-5-13(17)14(18)8-11/h3-8,10,19H,1-2H3. The summed E-state index contributed by atoms with van der Waals surface area (Å²) in [6, 6.07) is 7.97. The van der Waals surface area contributed by atoms with Crippen molar-refractivity contribution in [2.75, 3.05) is 5.32 Å². The van der Waals surface area contributed by atoms with E-state index in [0.29, 0.717) is 5.56 Å². The molecule has 0 bridgehead atoms. The fraction of sp³-hybridized carbons (Fsp3) is 0.200. The summed E-state index contributed by atoms with van der Waals surface area (Å²) >= 11 is 0. The molecule has 1 N–H and O–H groups in total. The first-order valence-electron chi connectivity index (χ1n) is 5.95. The number of halogens is 3. The minimum Gasteiger partial charge on any atom is -0.378 e. The van der Waals surface area contributed by atoms with Crippen molar-refractivity contribution >= 4 is 5.69 Å². The number of benzene rings is 2. The first-order chi connectivity index (χ1) is 8.97. The SMILES string of the molecule is Cc1cc(F)ccc1NC(C)c1ccc(F)c(F)c1. The first-order valence-corrected chi connectivity index (χ1v) is 5.95. The summed E-state index contributed by atoms with van der Waals surface area (Å²) < 4.78 is 39.0. The zero-order valence-electron chi connectivity index (χ0n) is 10.7. The van der Waals surface area contributed by atoms with E-state index in [1.54, 1.807) is 13.0 Å². The molecule has 1 atom stereocenters. The zero-order chi connectivity index (χ0) is 14.0. The second kappa shape index (κ2) is 5.34. The summed E-state index contributed by atoms with van der Waals surface area (Å²) in [5.41, 5.74) is 2.15. The summed E-state index contributed by atoms with van der Waals surface area (Å²) in [7, 11) is 0. The summed E-state index contributed by atoms with van der Waals surface area (Å²) in [5.74, 6) is -2.04. The molecule has 0 aromatic heterocycles. The van der Waals surface area contributed by atoms with Crippen LogP contribution in [0.2, 0.25) is 0 Å². The van der Waals surface area contributed by atoms with Crippen molar-refractivity contribution < 1.29 is 13.2 Å². The molecule has 19 heavy (non-hydrogen) atoms. The van der Waals surface area contributed by atoms with Crippen LogP contribution in [0.5, 0.6) is 0 Å². The Bertz CT molecular complexity index is 596. The molecule has 0 fully saturated rings. The summed E-state index contributed by atoms with van der Waals surface area (Å²) in [5, 5.41) is 3.14. The normalized spacial score (nSPS) is 12.3. The maximum absolute atomic E-state index is 13.2. The third-order valence-electron chi connectivity index (χ3n) is 3.00. The molecule has 0 aliphatic rings. The molecule has 0 spiro atoms. The van der Waals surface area contributed by atoms with Crippen molar-refractivity contribution in [3.05, 3.63) is 65.0 Å². The fourth-order valence-corrected chi connectivity index (χ4v) is 1.89. The van der Waals surface area contributed by atoms with Gasteiger partial charge in [0.25, 0.3) is 0 Å². The van der Waals surface area contributed by atoms with E-state index < -0.39 is 11.6 Å². The van der Waals surface area contributed by atoms with Gasteiger partial charge in [0, 0.05) is 11.7 Å². The van der Waals surface area contributed by atoms with Gasteiger partial charge in [-0.25, -0.2) is 13.2 Å². The molecule has 2 aromatic rings. The van der Waals surface area contributed by atoms with Crippen molar-refractivity contribution in [2.24, 2.45) is 0 Å². The van der Waals surface area contributed by atoms with Gasteiger partial charge in [-0.1, -0.05) is 6.07 Å². The van der Waals surface area contributed by atoms with Crippen molar-refractivity contribution in [1.29, 1.82) is 0 Å². The van der Waals surface area contributed by atoms with Gasteiger partial charge in [0.1, 0.15) is 5.82 Å². The van der Waals surface area contributed by atoms with E-state index in [1.807, 2.05) is 6.92 Å². The lowest BCUT2D eigenvalue weighted by atomic mass is 10.1. The van der Waals surface area contributed by atoms with E-state index in [9.17, 15) is 13.2 Å².